The van der Waals surface area contributed by atoms with Gasteiger partial charge in [0, 0.05) is 42.5 Å². The molecule has 2 aromatic carbocycles. The van der Waals surface area contributed by atoms with E-state index in [4.69, 9.17) is 17.3 Å². The van der Waals surface area contributed by atoms with Crippen molar-refractivity contribution in [1.29, 1.82) is 0 Å². The van der Waals surface area contributed by atoms with Crippen molar-refractivity contribution >= 4 is 50.8 Å². The summed E-state index contributed by atoms with van der Waals surface area (Å²) in [4.78, 5) is 29.4. The lowest BCUT2D eigenvalue weighted by Gasteiger charge is -2.35. The van der Waals surface area contributed by atoms with Crippen molar-refractivity contribution < 1.29 is 4.79 Å². The van der Waals surface area contributed by atoms with Crippen LogP contribution in [0.15, 0.2) is 61.4 Å². The summed E-state index contributed by atoms with van der Waals surface area (Å²) in [5, 5.41) is 3.39. The minimum absolute atomic E-state index is 0.0493. The van der Waals surface area contributed by atoms with Crippen LogP contribution in [-0.2, 0) is 4.79 Å². The monoisotopic (exact) mass is 444 g/mol. The zero-order valence-electron chi connectivity index (χ0n) is 17.3. The van der Waals surface area contributed by atoms with Crippen molar-refractivity contribution in [2.75, 3.05) is 36.8 Å². The van der Waals surface area contributed by atoms with E-state index in [0.717, 1.165) is 38.8 Å². The van der Waals surface area contributed by atoms with Crippen LogP contribution in [0.25, 0.3) is 32.9 Å². The second-order valence-electron chi connectivity index (χ2n) is 7.68. The molecular weight excluding hydrogens is 424 g/mol. The molecule has 0 aliphatic carbocycles. The zero-order chi connectivity index (χ0) is 22.2. The Kier molecular flexibility index (Phi) is 5.11. The number of anilines is 2. The van der Waals surface area contributed by atoms with Gasteiger partial charge in [-0.2, -0.15) is 0 Å². The molecule has 1 amide bonds. The van der Waals surface area contributed by atoms with Crippen LogP contribution in [0.4, 0.5) is 11.6 Å². The van der Waals surface area contributed by atoms with Gasteiger partial charge in [-0.05, 0) is 29.7 Å². The third-order valence-corrected chi connectivity index (χ3v) is 6.10. The fourth-order valence-electron chi connectivity index (χ4n) is 4.19. The number of nitrogens with zero attached hydrogens (tertiary/aromatic N) is 5. The minimum atomic E-state index is -0.0493. The molecule has 0 bridgehead atoms. The lowest BCUT2D eigenvalue weighted by Crippen LogP contribution is -2.48. The van der Waals surface area contributed by atoms with Gasteiger partial charge in [0.25, 0.3) is 0 Å². The molecule has 7 nitrogen and oxygen atoms in total. The molecule has 8 heteroatoms. The summed E-state index contributed by atoms with van der Waals surface area (Å²) in [6, 6.07) is 13.6. The van der Waals surface area contributed by atoms with Crippen LogP contribution in [-0.4, -0.2) is 51.9 Å². The molecule has 1 saturated heterocycles. The summed E-state index contributed by atoms with van der Waals surface area (Å²) in [5.41, 5.74) is 8.34. The predicted molar refractivity (Wildman–Crippen MR) is 129 cm³/mol. The van der Waals surface area contributed by atoms with Gasteiger partial charge in [0.1, 0.15) is 18.0 Å². The first-order valence-corrected chi connectivity index (χ1v) is 10.7. The molecule has 1 aliphatic heterocycles. The summed E-state index contributed by atoms with van der Waals surface area (Å²) in [6.07, 6.45) is 2.91. The Labute approximate surface area is 190 Å². The van der Waals surface area contributed by atoms with Crippen LogP contribution >= 0.6 is 11.6 Å². The van der Waals surface area contributed by atoms with Gasteiger partial charge in [0.2, 0.25) is 5.91 Å². The number of carbonyl (C=O) groups is 1. The maximum atomic E-state index is 11.9. The Morgan fingerprint density at radius 3 is 2.62 bits per heavy atom. The van der Waals surface area contributed by atoms with Gasteiger partial charge in [-0.1, -0.05) is 42.4 Å². The molecular formula is C24H21ClN6O. The molecule has 160 valence electrons. The maximum absolute atomic E-state index is 11.9. The molecule has 4 aromatic rings. The van der Waals surface area contributed by atoms with Gasteiger partial charge < -0.3 is 15.5 Å². The summed E-state index contributed by atoms with van der Waals surface area (Å²) in [7, 11) is 0. The summed E-state index contributed by atoms with van der Waals surface area (Å²) in [5.74, 6) is 1.19. The van der Waals surface area contributed by atoms with Gasteiger partial charge in [-0.15, -0.1) is 0 Å². The topological polar surface area (TPSA) is 88.2 Å². The molecule has 32 heavy (non-hydrogen) atoms. The number of piperazine rings is 1. The average molecular weight is 445 g/mol. The number of pyridine rings is 1. The molecule has 2 N–H and O–H groups in total. The highest BCUT2D eigenvalue weighted by molar-refractivity contribution is 6.34. The number of benzene rings is 2. The Hall–Kier alpha value is -3.71. The first-order chi connectivity index (χ1) is 15.5. The standard InChI is InChI=1S/C24H21ClN6O/c1-2-22(32)30-7-9-31(10-8-30)24-18-12-19(25)17(13-20(18)27-14-28-24)23-16-6-4-3-5-15(16)11-21(26)29-23/h2-6,11-14H,1,7-10H2,(H2,26,29). The number of nitrogens with two attached hydrogens (primary N) is 1. The number of carbonyl (C=O) groups excluding carboxylic acids is 1. The van der Waals surface area contributed by atoms with Crippen LogP contribution in [0, 0.1) is 0 Å². The van der Waals surface area contributed by atoms with Crippen molar-refractivity contribution in [2.45, 2.75) is 0 Å². The normalized spacial score (nSPS) is 14.2. The maximum Gasteiger partial charge on any atom is 0.246 e. The lowest BCUT2D eigenvalue weighted by atomic mass is 10.0. The minimum Gasteiger partial charge on any atom is -0.384 e. The molecule has 3 heterocycles. The number of fused-ring (bicyclic) bond motifs is 2. The van der Waals surface area contributed by atoms with Crippen molar-refractivity contribution in [3.63, 3.8) is 0 Å². The van der Waals surface area contributed by atoms with Gasteiger partial charge >= 0.3 is 0 Å². The number of halogens is 1. The van der Waals surface area contributed by atoms with Crippen molar-refractivity contribution in [3.05, 3.63) is 66.5 Å². The van der Waals surface area contributed by atoms with E-state index in [9.17, 15) is 4.79 Å². The van der Waals surface area contributed by atoms with Crippen LogP contribution in [0.5, 0.6) is 0 Å². The predicted octanol–water partition coefficient (Wildman–Crippen LogP) is 3.92. The molecule has 0 spiro atoms. The van der Waals surface area contributed by atoms with Crippen molar-refractivity contribution in [1.82, 2.24) is 19.9 Å². The molecule has 0 atom stereocenters. The van der Waals surface area contributed by atoms with E-state index in [1.807, 2.05) is 42.5 Å². The second-order valence-corrected chi connectivity index (χ2v) is 8.09. The van der Waals surface area contributed by atoms with Crippen LogP contribution < -0.4 is 10.6 Å². The number of amides is 1. The SMILES string of the molecule is C=CC(=O)N1CCN(c2ncnc3cc(-c4nc(N)cc5ccccc45)c(Cl)cc23)CC1. The third-order valence-electron chi connectivity index (χ3n) is 5.78. The summed E-state index contributed by atoms with van der Waals surface area (Å²) < 4.78 is 0. The average Bonchev–Trinajstić information content (AvgIpc) is 2.82. The molecule has 0 unspecified atom stereocenters. The second kappa shape index (κ2) is 8.09. The van der Waals surface area contributed by atoms with Crippen LogP contribution in [0.2, 0.25) is 5.02 Å². The third kappa shape index (κ3) is 3.50. The highest BCUT2D eigenvalue weighted by Crippen LogP contribution is 2.37. The van der Waals surface area contributed by atoms with Crippen LogP contribution in [0.1, 0.15) is 0 Å². The van der Waals surface area contributed by atoms with Gasteiger partial charge in [0.05, 0.1) is 16.2 Å². The largest absolute Gasteiger partial charge is 0.384 e. The quantitative estimate of drug-likeness (QED) is 0.482. The number of hydrogen-bond acceptors (Lipinski definition) is 6. The summed E-state index contributed by atoms with van der Waals surface area (Å²) >= 11 is 6.77. The Balaban J connectivity index is 1.57. The molecule has 5 rings (SSSR count). The van der Waals surface area contributed by atoms with Crippen molar-refractivity contribution in [3.8, 4) is 11.3 Å². The van der Waals surface area contributed by atoms with E-state index in [0.29, 0.717) is 37.0 Å². The van der Waals surface area contributed by atoms with E-state index < -0.39 is 0 Å². The first-order valence-electron chi connectivity index (χ1n) is 10.3. The Bertz CT molecular complexity index is 1360. The number of rotatable bonds is 3. The molecule has 2 aromatic heterocycles. The molecule has 1 fully saturated rings. The van der Waals surface area contributed by atoms with Crippen LogP contribution in [0.3, 0.4) is 0 Å². The fraction of sp³-hybridized carbons (Fsp3) is 0.167. The Morgan fingerprint density at radius 1 is 1.06 bits per heavy atom. The number of aromatic nitrogens is 3. The van der Waals surface area contributed by atoms with E-state index in [2.05, 4.69) is 26.4 Å². The lowest BCUT2D eigenvalue weighted by molar-refractivity contribution is -0.126. The highest BCUT2D eigenvalue weighted by Gasteiger charge is 2.23. The van der Waals surface area contributed by atoms with Gasteiger partial charge in [-0.25, -0.2) is 15.0 Å². The summed E-state index contributed by atoms with van der Waals surface area (Å²) in [6.45, 7) is 6.14. The van der Waals surface area contributed by atoms with Gasteiger partial charge in [-0.3, -0.25) is 4.79 Å². The van der Waals surface area contributed by atoms with E-state index >= 15 is 0 Å². The van der Waals surface area contributed by atoms with E-state index in [1.54, 1.807) is 11.2 Å². The number of hydrogen-bond donors (Lipinski definition) is 1. The molecule has 1 aliphatic rings. The highest BCUT2D eigenvalue weighted by atomic mass is 35.5. The van der Waals surface area contributed by atoms with E-state index in [1.165, 1.54) is 6.08 Å². The van der Waals surface area contributed by atoms with Gasteiger partial charge in [0.15, 0.2) is 0 Å². The van der Waals surface area contributed by atoms with E-state index in [-0.39, 0.29) is 5.91 Å². The van der Waals surface area contributed by atoms with Crippen molar-refractivity contribution in [2.24, 2.45) is 0 Å². The Morgan fingerprint density at radius 2 is 1.84 bits per heavy atom. The zero-order valence-corrected chi connectivity index (χ0v) is 18.1. The first kappa shape index (κ1) is 20.2. The smallest absolute Gasteiger partial charge is 0.246 e. The molecule has 0 radical (unpaired) electrons. The fourth-order valence-corrected chi connectivity index (χ4v) is 4.44. The molecule has 0 saturated carbocycles. The number of nitrogen functional groups attached to an aromatic ring is 1.